The Labute approximate surface area is 162 Å². The van der Waals surface area contributed by atoms with Crippen LogP contribution in [0.3, 0.4) is 0 Å². The molecule has 1 saturated heterocycles. The molecule has 2 N–H and O–H groups in total. The van der Waals surface area contributed by atoms with E-state index in [1.165, 1.54) is 16.8 Å². The van der Waals surface area contributed by atoms with Crippen molar-refractivity contribution in [2.45, 2.75) is 57.1 Å². The molecule has 0 bridgehead atoms. The van der Waals surface area contributed by atoms with E-state index in [4.69, 9.17) is 10.5 Å². The van der Waals surface area contributed by atoms with Gasteiger partial charge in [0.1, 0.15) is 23.6 Å². The lowest BCUT2D eigenvalue weighted by molar-refractivity contribution is -0.156. The van der Waals surface area contributed by atoms with Crippen molar-refractivity contribution in [2.24, 2.45) is 15.8 Å². The number of carbonyl (C=O) groups is 3. The number of nitrogens with two attached hydrogens (primary N) is 1. The maximum absolute atomic E-state index is 12.7. The molecule has 0 spiro atoms. The van der Waals surface area contributed by atoms with Crippen LogP contribution in [0.25, 0.3) is 0 Å². The van der Waals surface area contributed by atoms with Gasteiger partial charge in [0, 0.05) is 13.1 Å². The maximum Gasteiger partial charge on any atom is 0.327 e. The van der Waals surface area contributed by atoms with Gasteiger partial charge >= 0.3 is 5.97 Å². The highest BCUT2D eigenvalue weighted by Crippen LogP contribution is 2.36. The van der Waals surface area contributed by atoms with E-state index < -0.39 is 28.9 Å². The van der Waals surface area contributed by atoms with Crippen LogP contribution >= 0.6 is 11.8 Å². The Balaban J connectivity index is 1.73. The molecule has 2 amide bonds. The number of hydrazone groups is 1. The Bertz CT molecular complexity index is 709. The largest absolute Gasteiger partial charge is 0.459 e. The average molecular weight is 395 g/mol. The molecule has 10 heteroatoms. The minimum atomic E-state index is -0.701. The number of aliphatic imine (C=N–C) groups is 1. The van der Waals surface area contributed by atoms with Crippen molar-refractivity contribution >= 4 is 40.3 Å². The monoisotopic (exact) mass is 395 g/mol. The molecule has 148 valence electrons. The predicted molar refractivity (Wildman–Crippen MR) is 102 cm³/mol. The Kier molecular flexibility index (Phi) is 5.45. The minimum Gasteiger partial charge on any atom is -0.459 e. The van der Waals surface area contributed by atoms with Crippen molar-refractivity contribution in [3.63, 3.8) is 0 Å². The van der Waals surface area contributed by atoms with Gasteiger partial charge in [-0.15, -0.1) is 0 Å². The lowest BCUT2D eigenvalue weighted by Crippen LogP contribution is -2.39. The third kappa shape index (κ3) is 4.42. The molecular formula is C17H25N5O4S. The molecule has 0 aliphatic carbocycles. The lowest BCUT2D eigenvalue weighted by Gasteiger charge is -2.27. The number of amides is 2. The number of piperidine rings is 1. The van der Waals surface area contributed by atoms with Crippen LogP contribution in [0, 0.1) is 0 Å². The molecule has 0 aromatic carbocycles. The number of nitrogens with zero attached hydrogens (tertiary/aromatic N) is 4. The molecule has 3 heterocycles. The van der Waals surface area contributed by atoms with Gasteiger partial charge in [0.2, 0.25) is 0 Å². The zero-order chi connectivity index (χ0) is 19.8. The summed E-state index contributed by atoms with van der Waals surface area (Å²) < 4.78 is 5.33. The molecular weight excluding hydrogens is 370 g/mol. The van der Waals surface area contributed by atoms with Crippen LogP contribution in [0.4, 0.5) is 0 Å². The number of hydrogen-bond acceptors (Lipinski definition) is 8. The topological polar surface area (TPSA) is 118 Å². The fourth-order valence-electron chi connectivity index (χ4n) is 3.24. The second-order valence-corrected chi connectivity index (χ2v) is 8.88. The summed E-state index contributed by atoms with van der Waals surface area (Å²) in [5.74, 6) is -1.30. The van der Waals surface area contributed by atoms with Crippen molar-refractivity contribution in [1.82, 2.24) is 9.91 Å². The summed E-state index contributed by atoms with van der Waals surface area (Å²) in [7, 11) is 0. The van der Waals surface area contributed by atoms with E-state index in [2.05, 4.69) is 10.1 Å². The maximum atomic E-state index is 12.7. The van der Waals surface area contributed by atoms with E-state index in [0.717, 1.165) is 19.3 Å². The van der Waals surface area contributed by atoms with Crippen molar-refractivity contribution in [2.75, 3.05) is 19.6 Å². The van der Waals surface area contributed by atoms with E-state index in [0.29, 0.717) is 18.1 Å². The van der Waals surface area contributed by atoms with Crippen LogP contribution in [-0.4, -0.2) is 75.1 Å². The van der Waals surface area contributed by atoms with E-state index in [9.17, 15) is 14.4 Å². The highest BCUT2D eigenvalue weighted by atomic mass is 32.2. The average Bonchev–Trinajstić information content (AvgIpc) is 3.13. The Hall–Kier alpha value is -2.10. The molecule has 3 rings (SSSR count). The number of esters is 1. The third-order valence-electron chi connectivity index (χ3n) is 4.36. The first-order chi connectivity index (χ1) is 12.7. The molecule has 3 aliphatic rings. The van der Waals surface area contributed by atoms with Crippen LogP contribution in [0.15, 0.2) is 10.1 Å². The molecule has 2 unspecified atom stereocenters. The van der Waals surface area contributed by atoms with E-state index >= 15 is 0 Å². The Morgan fingerprint density at radius 1 is 1.22 bits per heavy atom. The normalized spacial score (nSPS) is 25.0. The van der Waals surface area contributed by atoms with E-state index in [1.54, 1.807) is 25.7 Å². The van der Waals surface area contributed by atoms with Gasteiger partial charge in [0.15, 0.2) is 10.8 Å². The molecule has 0 saturated carbocycles. The molecule has 3 aliphatic heterocycles. The second kappa shape index (κ2) is 7.49. The lowest BCUT2D eigenvalue weighted by atomic mass is 10.1. The van der Waals surface area contributed by atoms with Crippen LogP contribution in [0.2, 0.25) is 0 Å². The Morgan fingerprint density at radius 3 is 2.48 bits per heavy atom. The molecule has 27 heavy (non-hydrogen) atoms. The quantitative estimate of drug-likeness (QED) is 0.686. The van der Waals surface area contributed by atoms with Gasteiger partial charge in [-0.1, -0.05) is 11.8 Å². The van der Waals surface area contributed by atoms with Crippen LogP contribution < -0.4 is 5.73 Å². The van der Waals surface area contributed by atoms with Crippen LogP contribution in [0.1, 0.15) is 40.0 Å². The van der Waals surface area contributed by atoms with E-state index in [1.807, 2.05) is 0 Å². The number of fused-ring (bicyclic) bond motifs is 1. The third-order valence-corrected chi connectivity index (χ3v) is 5.60. The fourth-order valence-corrected chi connectivity index (χ4v) is 4.43. The first-order valence-corrected chi connectivity index (χ1v) is 9.94. The van der Waals surface area contributed by atoms with Gasteiger partial charge in [-0.2, -0.15) is 5.10 Å². The summed E-state index contributed by atoms with van der Waals surface area (Å²) in [4.78, 5) is 42.9. The number of ether oxygens (including phenoxy) is 1. The summed E-state index contributed by atoms with van der Waals surface area (Å²) in [6, 6.07) is -0.640. The number of hydrogen-bond donors (Lipinski definition) is 1. The highest BCUT2D eigenvalue weighted by molar-refractivity contribution is 8.16. The summed E-state index contributed by atoms with van der Waals surface area (Å²) in [5.41, 5.74) is 4.87. The standard InChI is InChI=1S/C17H25N5O4S/c1-17(2,3)26-10(23)9-22-16-12(11(20-22)13(18)24)19-14(27-16)15(25)21-7-5-4-6-8-21/h12,16H,4-9H2,1-3H3,(H2,18,24). The van der Waals surface area contributed by atoms with Crippen molar-refractivity contribution in [3.8, 4) is 0 Å². The Morgan fingerprint density at radius 2 is 1.89 bits per heavy atom. The second-order valence-electron chi connectivity index (χ2n) is 7.77. The minimum absolute atomic E-state index is 0.0671. The van der Waals surface area contributed by atoms with Gasteiger partial charge < -0.3 is 15.4 Å². The van der Waals surface area contributed by atoms with Crippen molar-refractivity contribution < 1.29 is 19.1 Å². The molecule has 9 nitrogen and oxygen atoms in total. The van der Waals surface area contributed by atoms with Gasteiger partial charge in [-0.3, -0.25) is 24.4 Å². The summed E-state index contributed by atoms with van der Waals surface area (Å²) in [6.45, 7) is 6.62. The molecule has 1 fully saturated rings. The first kappa shape index (κ1) is 19.7. The summed E-state index contributed by atoms with van der Waals surface area (Å²) in [5, 5.41) is 5.52. The number of thioether (sulfide) groups is 1. The summed E-state index contributed by atoms with van der Waals surface area (Å²) in [6.07, 6.45) is 3.08. The molecule has 2 atom stereocenters. The predicted octanol–water partition coefficient (Wildman–Crippen LogP) is 0.338. The number of likely N-dealkylation sites (tertiary alicyclic amines) is 1. The first-order valence-electron chi connectivity index (χ1n) is 9.06. The number of carbonyl (C=O) groups excluding carboxylic acids is 3. The van der Waals surface area contributed by atoms with Gasteiger partial charge in [-0.05, 0) is 40.0 Å². The molecule has 0 radical (unpaired) electrons. The van der Waals surface area contributed by atoms with Crippen LogP contribution in [-0.2, 0) is 19.1 Å². The molecule has 0 aromatic heterocycles. The van der Waals surface area contributed by atoms with Gasteiger partial charge in [0.05, 0.1) is 0 Å². The molecule has 0 aromatic rings. The van der Waals surface area contributed by atoms with E-state index in [-0.39, 0.29) is 18.2 Å². The number of primary amides is 1. The van der Waals surface area contributed by atoms with Gasteiger partial charge in [-0.25, -0.2) is 0 Å². The SMILES string of the molecule is CC(C)(C)OC(=O)CN1N=C(C(N)=O)C2N=C(C(=O)N3CCCCC3)SC21. The zero-order valence-electron chi connectivity index (χ0n) is 15.8. The zero-order valence-corrected chi connectivity index (χ0v) is 16.6. The number of rotatable bonds is 4. The van der Waals surface area contributed by atoms with Crippen molar-refractivity contribution in [1.29, 1.82) is 0 Å². The van der Waals surface area contributed by atoms with Crippen molar-refractivity contribution in [3.05, 3.63) is 0 Å². The smallest absolute Gasteiger partial charge is 0.327 e. The van der Waals surface area contributed by atoms with Crippen LogP contribution in [0.5, 0.6) is 0 Å². The summed E-state index contributed by atoms with van der Waals surface area (Å²) >= 11 is 1.23. The highest BCUT2D eigenvalue weighted by Gasteiger charge is 2.47. The van der Waals surface area contributed by atoms with Gasteiger partial charge in [0.25, 0.3) is 11.8 Å². The fraction of sp³-hybridized carbons (Fsp3) is 0.706.